The van der Waals surface area contributed by atoms with Gasteiger partial charge >= 0.3 is 0 Å². The lowest BCUT2D eigenvalue weighted by molar-refractivity contribution is -0.121. The van der Waals surface area contributed by atoms with Gasteiger partial charge in [-0.25, -0.2) is 0 Å². The van der Waals surface area contributed by atoms with Crippen molar-refractivity contribution in [1.29, 1.82) is 0 Å². The molecular formula is C14H19N3O. The van der Waals surface area contributed by atoms with Crippen molar-refractivity contribution < 1.29 is 4.79 Å². The van der Waals surface area contributed by atoms with Gasteiger partial charge in [0.25, 0.3) is 0 Å². The van der Waals surface area contributed by atoms with E-state index >= 15 is 0 Å². The fourth-order valence-corrected chi connectivity index (χ4v) is 1.87. The van der Waals surface area contributed by atoms with Gasteiger partial charge in [0.05, 0.1) is 5.52 Å². The fourth-order valence-electron chi connectivity index (χ4n) is 1.87. The fraction of sp³-hybridized carbons (Fsp3) is 0.357. The first-order valence-electron chi connectivity index (χ1n) is 6.17. The minimum atomic E-state index is 0.0311. The third-order valence-corrected chi connectivity index (χ3v) is 2.82. The molecule has 2 aromatic rings. The van der Waals surface area contributed by atoms with Gasteiger partial charge in [-0.2, -0.15) is 0 Å². The topological polar surface area (TPSA) is 60.0 Å². The van der Waals surface area contributed by atoms with Crippen LogP contribution >= 0.6 is 0 Å². The molecule has 1 heterocycles. The molecule has 0 aliphatic heterocycles. The van der Waals surface area contributed by atoms with E-state index in [0.717, 1.165) is 10.9 Å². The largest absolute Gasteiger partial charge is 0.399 e. The van der Waals surface area contributed by atoms with Crippen LogP contribution in [0.25, 0.3) is 10.9 Å². The van der Waals surface area contributed by atoms with Crippen LogP contribution in [0, 0.1) is 5.92 Å². The van der Waals surface area contributed by atoms with E-state index in [1.54, 1.807) is 0 Å². The van der Waals surface area contributed by atoms with E-state index in [9.17, 15) is 4.79 Å². The van der Waals surface area contributed by atoms with Crippen LogP contribution in [0.5, 0.6) is 0 Å². The molecule has 96 valence electrons. The quantitative estimate of drug-likeness (QED) is 0.809. The summed E-state index contributed by atoms with van der Waals surface area (Å²) >= 11 is 0. The molecule has 0 aliphatic carbocycles. The smallest absolute Gasteiger partial charge is 0.239 e. The maximum Gasteiger partial charge on any atom is 0.239 e. The van der Waals surface area contributed by atoms with Crippen molar-refractivity contribution >= 4 is 22.5 Å². The zero-order valence-corrected chi connectivity index (χ0v) is 10.8. The van der Waals surface area contributed by atoms with E-state index in [0.29, 0.717) is 24.7 Å². The SMILES string of the molecule is CC(C)CNC(=O)Cn1ccc2ccc(N)cc21. The van der Waals surface area contributed by atoms with E-state index < -0.39 is 0 Å². The van der Waals surface area contributed by atoms with E-state index in [2.05, 4.69) is 19.2 Å². The molecule has 4 nitrogen and oxygen atoms in total. The number of carbonyl (C=O) groups is 1. The molecule has 18 heavy (non-hydrogen) atoms. The number of hydrogen-bond acceptors (Lipinski definition) is 2. The summed E-state index contributed by atoms with van der Waals surface area (Å²) in [7, 11) is 0. The van der Waals surface area contributed by atoms with E-state index in [4.69, 9.17) is 5.73 Å². The lowest BCUT2D eigenvalue weighted by Gasteiger charge is -2.09. The highest BCUT2D eigenvalue weighted by molar-refractivity contribution is 5.85. The summed E-state index contributed by atoms with van der Waals surface area (Å²) in [6.07, 6.45) is 1.92. The Labute approximate surface area is 107 Å². The second-order valence-electron chi connectivity index (χ2n) is 4.96. The van der Waals surface area contributed by atoms with Crippen molar-refractivity contribution in [3.8, 4) is 0 Å². The lowest BCUT2D eigenvalue weighted by Crippen LogP contribution is -2.30. The Balaban J connectivity index is 2.12. The van der Waals surface area contributed by atoms with Crippen molar-refractivity contribution in [2.45, 2.75) is 20.4 Å². The zero-order valence-electron chi connectivity index (χ0n) is 10.8. The van der Waals surface area contributed by atoms with Crippen molar-refractivity contribution in [3.05, 3.63) is 30.5 Å². The van der Waals surface area contributed by atoms with Crippen molar-refractivity contribution in [3.63, 3.8) is 0 Å². The number of nitrogens with two attached hydrogens (primary N) is 1. The number of nitrogens with zero attached hydrogens (tertiary/aromatic N) is 1. The number of hydrogen-bond donors (Lipinski definition) is 2. The first-order valence-corrected chi connectivity index (χ1v) is 6.17. The average molecular weight is 245 g/mol. The molecule has 2 rings (SSSR count). The second-order valence-corrected chi connectivity index (χ2v) is 4.96. The molecule has 1 aromatic heterocycles. The van der Waals surface area contributed by atoms with Gasteiger partial charge in [-0.05, 0) is 29.5 Å². The molecular weight excluding hydrogens is 226 g/mol. The Hall–Kier alpha value is -1.97. The molecule has 0 aliphatic rings. The molecule has 0 saturated heterocycles. The lowest BCUT2D eigenvalue weighted by atomic mass is 10.2. The second kappa shape index (κ2) is 5.12. The number of fused-ring (bicyclic) bond motifs is 1. The number of nitrogens with one attached hydrogen (secondary N) is 1. The molecule has 1 aromatic carbocycles. The molecule has 0 fully saturated rings. The Morgan fingerprint density at radius 1 is 1.39 bits per heavy atom. The van der Waals surface area contributed by atoms with E-state index in [1.165, 1.54) is 0 Å². The van der Waals surface area contributed by atoms with Crippen LogP contribution in [0.1, 0.15) is 13.8 Å². The van der Waals surface area contributed by atoms with E-state index in [-0.39, 0.29) is 5.91 Å². The highest BCUT2D eigenvalue weighted by Gasteiger charge is 2.06. The number of aromatic nitrogens is 1. The molecule has 0 unspecified atom stereocenters. The van der Waals surface area contributed by atoms with Crippen molar-refractivity contribution in [1.82, 2.24) is 9.88 Å². The predicted molar refractivity (Wildman–Crippen MR) is 74.2 cm³/mol. The minimum Gasteiger partial charge on any atom is -0.399 e. The molecule has 3 N–H and O–H groups in total. The molecule has 0 bridgehead atoms. The minimum absolute atomic E-state index is 0.0311. The highest BCUT2D eigenvalue weighted by atomic mass is 16.1. The monoisotopic (exact) mass is 245 g/mol. The van der Waals surface area contributed by atoms with Crippen LogP contribution in [0.3, 0.4) is 0 Å². The van der Waals surface area contributed by atoms with Crippen LogP contribution in [0.15, 0.2) is 30.5 Å². The average Bonchev–Trinajstić information content (AvgIpc) is 2.69. The standard InChI is InChI=1S/C14H19N3O/c1-10(2)8-16-14(18)9-17-6-5-11-3-4-12(15)7-13(11)17/h3-7,10H,8-9,15H2,1-2H3,(H,16,18). The predicted octanol–water partition coefficient (Wildman–Crippen LogP) is 2.00. The van der Waals surface area contributed by atoms with Gasteiger partial charge in [0.15, 0.2) is 0 Å². The first-order chi connectivity index (χ1) is 8.56. The van der Waals surface area contributed by atoms with E-state index in [1.807, 2.05) is 35.0 Å². The molecule has 0 atom stereocenters. The summed E-state index contributed by atoms with van der Waals surface area (Å²) in [4.78, 5) is 11.8. The van der Waals surface area contributed by atoms with Crippen LogP contribution in [-0.2, 0) is 11.3 Å². The summed E-state index contributed by atoms with van der Waals surface area (Å²) in [5, 5.41) is 4.01. The number of carbonyl (C=O) groups excluding carboxylic acids is 1. The normalized spacial score (nSPS) is 11.1. The van der Waals surface area contributed by atoms with Crippen molar-refractivity contribution in [2.24, 2.45) is 5.92 Å². The molecule has 1 amide bonds. The van der Waals surface area contributed by atoms with Gasteiger partial charge < -0.3 is 15.6 Å². The summed E-state index contributed by atoms with van der Waals surface area (Å²) < 4.78 is 1.92. The molecule has 0 spiro atoms. The number of rotatable bonds is 4. The maximum atomic E-state index is 11.8. The van der Waals surface area contributed by atoms with Crippen LogP contribution in [-0.4, -0.2) is 17.0 Å². The Morgan fingerprint density at radius 3 is 2.89 bits per heavy atom. The summed E-state index contributed by atoms with van der Waals surface area (Å²) in [6, 6.07) is 7.72. The maximum absolute atomic E-state index is 11.8. The third-order valence-electron chi connectivity index (χ3n) is 2.82. The van der Waals surface area contributed by atoms with Gasteiger partial charge in [-0.15, -0.1) is 0 Å². The molecule has 0 radical (unpaired) electrons. The summed E-state index contributed by atoms with van der Waals surface area (Å²) in [5.74, 6) is 0.495. The van der Waals surface area contributed by atoms with Gasteiger partial charge in [-0.3, -0.25) is 4.79 Å². The number of anilines is 1. The zero-order chi connectivity index (χ0) is 13.1. The van der Waals surface area contributed by atoms with Crippen LogP contribution in [0.2, 0.25) is 0 Å². The van der Waals surface area contributed by atoms with Gasteiger partial charge in [0.1, 0.15) is 6.54 Å². The Kier molecular flexibility index (Phi) is 3.55. The van der Waals surface area contributed by atoms with Crippen molar-refractivity contribution in [2.75, 3.05) is 12.3 Å². The summed E-state index contributed by atoms with van der Waals surface area (Å²) in [5.41, 5.74) is 7.48. The first kappa shape index (κ1) is 12.5. The molecule has 4 heteroatoms. The Bertz CT molecular complexity index is 557. The van der Waals surface area contributed by atoms with Gasteiger partial charge in [0, 0.05) is 18.4 Å². The number of benzene rings is 1. The molecule has 0 saturated carbocycles. The van der Waals surface area contributed by atoms with Crippen LogP contribution in [0.4, 0.5) is 5.69 Å². The van der Waals surface area contributed by atoms with Gasteiger partial charge in [0.2, 0.25) is 5.91 Å². The number of amides is 1. The Morgan fingerprint density at radius 2 is 2.17 bits per heavy atom. The van der Waals surface area contributed by atoms with Crippen LogP contribution < -0.4 is 11.1 Å². The number of nitrogen functional groups attached to an aromatic ring is 1. The third kappa shape index (κ3) is 2.83. The highest BCUT2D eigenvalue weighted by Crippen LogP contribution is 2.18. The van der Waals surface area contributed by atoms with Gasteiger partial charge in [-0.1, -0.05) is 19.9 Å². The summed E-state index contributed by atoms with van der Waals surface area (Å²) in [6.45, 7) is 5.19.